The molecule has 16 heavy (non-hydrogen) atoms. The number of nitrogens with zero attached hydrogens (tertiary/aromatic N) is 1. The topological polar surface area (TPSA) is 51.1 Å². The normalized spacial score (nSPS) is 20.0. The molecule has 1 aliphatic carbocycles. The molecule has 0 bridgehead atoms. The lowest BCUT2D eigenvalue weighted by atomic mass is 10.1. The highest BCUT2D eigenvalue weighted by Gasteiger charge is 2.30. The van der Waals surface area contributed by atoms with E-state index < -0.39 is 0 Å². The van der Waals surface area contributed by atoms with E-state index in [2.05, 4.69) is 5.32 Å². The summed E-state index contributed by atoms with van der Waals surface area (Å²) in [5.41, 5.74) is 0. The zero-order valence-electron chi connectivity index (χ0n) is 9.19. The Hall–Kier alpha value is -1.58. The number of nitrogens with one attached hydrogen (secondary N) is 1. The van der Waals surface area contributed by atoms with Gasteiger partial charge in [0.2, 0.25) is 5.91 Å². The molecule has 1 fully saturated rings. The summed E-state index contributed by atoms with van der Waals surface area (Å²) in [5, 5.41) is 2.81. The fourth-order valence-electron chi connectivity index (χ4n) is 2.04. The van der Waals surface area contributed by atoms with Gasteiger partial charge in [-0.2, -0.15) is 0 Å². The molecule has 1 atom stereocenters. The van der Waals surface area contributed by atoms with Crippen molar-refractivity contribution in [3.05, 3.63) is 24.5 Å². The second-order valence-electron chi connectivity index (χ2n) is 4.12. The van der Waals surface area contributed by atoms with Crippen molar-refractivity contribution in [1.29, 1.82) is 0 Å². The number of hydrogen-bond donors (Lipinski definition) is 1. The highest BCUT2D eigenvalue weighted by molar-refractivity contribution is 6.02. The molecule has 0 spiro atoms. The number of rotatable bonds is 4. The molecule has 1 aromatic rings. The second-order valence-corrected chi connectivity index (χ2v) is 4.12. The smallest absolute Gasteiger partial charge is 0.230 e. The van der Waals surface area contributed by atoms with Crippen LogP contribution in [0.1, 0.15) is 19.3 Å². The second kappa shape index (κ2) is 4.96. The van der Waals surface area contributed by atoms with E-state index in [0.29, 0.717) is 19.4 Å². The number of hydrogen-bond acceptors (Lipinski definition) is 2. The van der Waals surface area contributed by atoms with E-state index >= 15 is 0 Å². The molecule has 0 aromatic carbocycles. The highest BCUT2D eigenvalue weighted by Crippen LogP contribution is 2.20. The van der Waals surface area contributed by atoms with Crippen molar-refractivity contribution in [2.75, 3.05) is 6.54 Å². The third-order valence-electron chi connectivity index (χ3n) is 2.96. The van der Waals surface area contributed by atoms with E-state index in [1.165, 1.54) is 0 Å². The highest BCUT2D eigenvalue weighted by atomic mass is 16.2. The number of carbonyl (C=O) groups excluding carboxylic acids is 2. The Morgan fingerprint density at radius 1 is 1.44 bits per heavy atom. The summed E-state index contributed by atoms with van der Waals surface area (Å²) < 4.78 is 2.00. The van der Waals surface area contributed by atoms with Crippen LogP contribution in [0.15, 0.2) is 24.5 Å². The predicted octanol–water partition coefficient (Wildman–Crippen LogP) is 0.973. The van der Waals surface area contributed by atoms with Crippen molar-refractivity contribution in [3.8, 4) is 0 Å². The molecule has 0 radical (unpaired) electrons. The van der Waals surface area contributed by atoms with Gasteiger partial charge in [0.25, 0.3) is 0 Å². The van der Waals surface area contributed by atoms with Crippen LogP contribution in [0.25, 0.3) is 0 Å². The summed E-state index contributed by atoms with van der Waals surface area (Å²) in [6.45, 7) is 1.33. The monoisotopic (exact) mass is 220 g/mol. The van der Waals surface area contributed by atoms with E-state index in [9.17, 15) is 9.59 Å². The van der Waals surface area contributed by atoms with E-state index in [-0.39, 0.29) is 17.6 Å². The van der Waals surface area contributed by atoms with Gasteiger partial charge < -0.3 is 9.88 Å². The predicted molar refractivity (Wildman–Crippen MR) is 59.8 cm³/mol. The largest absolute Gasteiger partial charge is 0.354 e. The fraction of sp³-hybridized carbons (Fsp3) is 0.500. The average Bonchev–Trinajstić information content (AvgIpc) is 2.88. The van der Waals surface area contributed by atoms with Crippen LogP contribution in [0.5, 0.6) is 0 Å². The molecule has 1 N–H and O–H groups in total. The summed E-state index contributed by atoms with van der Waals surface area (Å²) in [6, 6.07) is 3.89. The van der Waals surface area contributed by atoms with Crippen molar-refractivity contribution in [3.63, 3.8) is 0 Å². The van der Waals surface area contributed by atoms with Gasteiger partial charge in [-0.1, -0.05) is 0 Å². The van der Waals surface area contributed by atoms with Crippen molar-refractivity contribution in [1.82, 2.24) is 9.88 Å². The Morgan fingerprint density at radius 2 is 2.19 bits per heavy atom. The van der Waals surface area contributed by atoms with Crippen LogP contribution in [0.3, 0.4) is 0 Å². The van der Waals surface area contributed by atoms with Crippen molar-refractivity contribution >= 4 is 11.7 Å². The SMILES string of the molecule is O=C1CCCC1C(=O)NCCn1cccc1. The number of amides is 1. The Balaban J connectivity index is 1.73. The first kappa shape index (κ1) is 10.9. The van der Waals surface area contributed by atoms with Crippen LogP contribution in [0, 0.1) is 5.92 Å². The van der Waals surface area contributed by atoms with Crippen molar-refractivity contribution < 1.29 is 9.59 Å². The molecule has 1 aromatic heterocycles. The summed E-state index contributed by atoms with van der Waals surface area (Å²) in [5.74, 6) is -0.391. The maximum atomic E-state index is 11.6. The van der Waals surface area contributed by atoms with Gasteiger partial charge in [-0.25, -0.2) is 0 Å². The number of Topliss-reactive ketones (excluding diaryl/α,β-unsaturated/α-hetero) is 1. The first-order chi connectivity index (χ1) is 7.77. The first-order valence-corrected chi connectivity index (χ1v) is 5.68. The maximum absolute atomic E-state index is 11.6. The van der Waals surface area contributed by atoms with Crippen molar-refractivity contribution in [2.45, 2.75) is 25.8 Å². The molecule has 1 heterocycles. The number of carbonyl (C=O) groups is 2. The molecular weight excluding hydrogens is 204 g/mol. The lowest BCUT2D eigenvalue weighted by Crippen LogP contribution is -2.34. The fourth-order valence-corrected chi connectivity index (χ4v) is 2.04. The van der Waals surface area contributed by atoms with E-state index in [1.807, 2.05) is 29.1 Å². The van der Waals surface area contributed by atoms with Gasteiger partial charge >= 0.3 is 0 Å². The van der Waals surface area contributed by atoms with Crippen LogP contribution < -0.4 is 5.32 Å². The molecule has 86 valence electrons. The summed E-state index contributed by atoms with van der Waals surface area (Å²) in [6.07, 6.45) is 6.04. The first-order valence-electron chi connectivity index (χ1n) is 5.68. The van der Waals surface area contributed by atoms with Crippen LogP contribution in [-0.2, 0) is 16.1 Å². The van der Waals surface area contributed by atoms with Gasteiger partial charge in [0.1, 0.15) is 5.78 Å². The number of ketones is 1. The molecule has 2 rings (SSSR count). The van der Waals surface area contributed by atoms with Crippen LogP contribution in [0.4, 0.5) is 0 Å². The van der Waals surface area contributed by atoms with Crippen LogP contribution >= 0.6 is 0 Å². The minimum atomic E-state index is -0.385. The molecule has 1 unspecified atom stereocenters. The Labute approximate surface area is 94.6 Å². The molecule has 0 aliphatic heterocycles. The average molecular weight is 220 g/mol. The molecule has 1 saturated carbocycles. The molecule has 0 saturated heterocycles. The summed E-state index contributed by atoms with van der Waals surface area (Å²) in [4.78, 5) is 23.0. The Bertz CT molecular complexity index is 370. The molecule has 4 nitrogen and oxygen atoms in total. The molecular formula is C12H16N2O2. The summed E-state index contributed by atoms with van der Waals surface area (Å²) in [7, 11) is 0. The van der Waals surface area contributed by atoms with Crippen molar-refractivity contribution in [2.24, 2.45) is 5.92 Å². The molecule has 1 aliphatic rings. The van der Waals surface area contributed by atoms with Crippen LogP contribution in [0.2, 0.25) is 0 Å². The zero-order chi connectivity index (χ0) is 11.4. The minimum Gasteiger partial charge on any atom is -0.354 e. The van der Waals surface area contributed by atoms with Gasteiger partial charge in [-0.3, -0.25) is 9.59 Å². The van der Waals surface area contributed by atoms with E-state index in [0.717, 1.165) is 13.0 Å². The standard InChI is InChI=1S/C12H16N2O2/c15-11-5-3-4-10(11)12(16)13-6-9-14-7-1-2-8-14/h1-2,7-8,10H,3-6,9H2,(H,13,16). The Morgan fingerprint density at radius 3 is 2.81 bits per heavy atom. The molecule has 4 heteroatoms. The molecule has 1 amide bonds. The lowest BCUT2D eigenvalue weighted by Gasteiger charge is -2.09. The van der Waals surface area contributed by atoms with E-state index in [1.54, 1.807) is 0 Å². The number of aromatic nitrogens is 1. The lowest BCUT2D eigenvalue weighted by molar-refractivity contribution is -0.132. The van der Waals surface area contributed by atoms with Gasteiger partial charge in [0.15, 0.2) is 0 Å². The van der Waals surface area contributed by atoms with Gasteiger partial charge in [0, 0.05) is 31.9 Å². The van der Waals surface area contributed by atoms with E-state index in [4.69, 9.17) is 0 Å². The minimum absolute atomic E-state index is 0.0958. The quantitative estimate of drug-likeness (QED) is 0.769. The maximum Gasteiger partial charge on any atom is 0.230 e. The van der Waals surface area contributed by atoms with Gasteiger partial charge in [0.05, 0.1) is 5.92 Å². The summed E-state index contributed by atoms with van der Waals surface area (Å²) >= 11 is 0. The third-order valence-corrected chi connectivity index (χ3v) is 2.96. The van der Waals surface area contributed by atoms with Crippen LogP contribution in [-0.4, -0.2) is 22.8 Å². The van der Waals surface area contributed by atoms with Gasteiger partial charge in [-0.05, 0) is 25.0 Å². The Kier molecular flexibility index (Phi) is 3.39. The zero-order valence-corrected chi connectivity index (χ0v) is 9.19. The third kappa shape index (κ3) is 2.51. The van der Waals surface area contributed by atoms with Gasteiger partial charge in [-0.15, -0.1) is 0 Å².